The molecule has 6 rings (SSSR count). The summed E-state index contributed by atoms with van der Waals surface area (Å²) in [6, 6.07) is 42.5. The monoisotopic (exact) mass is 678 g/mol. The lowest BCUT2D eigenvalue weighted by Crippen LogP contribution is -2.55. The number of methoxy groups -OCH3 is 1. The van der Waals surface area contributed by atoms with Crippen molar-refractivity contribution in [3.63, 3.8) is 0 Å². The van der Waals surface area contributed by atoms with Crippen LogP contribution in [0.5, 0.6) is 0 Å². The zero-order valence-corrected chi connectivity index (χ0v) is 28.0. The van der Waals surface area contributed by atoms with Crippen molar-refractivity contribution < 1.29 is 23.9 Å². The molecule has 0 bridgehead atoms. The van der Waals surface area contributed by atoms with Gasteiger partial charge in [-0.2, -0.15) is 0 Å². The van der Waals surface area contributed by atoms with Crippen molar-refractivity contribution in [1.82, 2.24) is 20.9 Å². The first-order valence-corrected chi connectivity index (χ1v) is 16.7. The average Bonchev–Trinajstić information content (AvgIpc) is 3.60. The molecule has 3 amide bonds. The summed E-state index contributed by atoms with van der Waals surface area (Å²) < 4.78 is 5.07. The first kappa shape index (κ1) is 34.4. The van der Waals surface area contributed by atoms with E-state index in [9.17, 15) is 19.2 Å². The second kappa shape index (κ2) is 15.8. The van der Waals surface area contributed by atoms with Crippen molar-refractivity contribution >= 4 is 34.6 Å². The summed E-state index contributed by atoms with van der Waals surface area (Å²) in [6.45, 7) is 0. The van der Waals surface area contributed by atoms with Gasteiger partial charge in [0.15, 0.2) is 0 Å². The number of carbonyl (C=O) groups excluding carboxylic acids is 4. The lowest BCUT2D eigenvalue weighted by atomic mass is 9.77. The van der Waals surface area contributed by atoms with Crippen molar-refractivity contribution in [2.24, 2.45) is 0 Å². The largest absolute Gasteiger partial charge is 0.467 e. The number of aromatic nitrogens is 1. The Balaban J connectivity index is 1.30. The van der Waals surface area contributed by atoms with Crippen LogP contribution in [0.4, 0.5) is 0 Å². The number of carbonyl (C=O) groups is 4. The summed E-state index contributed by atoms with van der Waals surface area (Å²) >= 11 is 0. The molecule has 9 heteroatoms. The summed E-state index contributed by atoms with van der Waals surface area (Å²) in [5.74, 6) is -2.42. The third-order valence-electron chi connectivity index (χ3n) is 8.90. The smallest absolute Gasteiger partial charge is 0.328 e. The fourth-order valence-electron chi connectivity index (χ4n) is 6.40. The molecular weight excluding hydrogens is 640 g/mol. The number of hydrogen-bond donors (Lipinski definition) is 4. The first-order valence-electron chi connectivity index (χ1n) is 16.7. The maximum atomic E-state index is 14.2. The predicted octanol–water partition coefficient (Wildman–Crippen LogP) is 5.67. The highest BCUT2D eigenvalue weighted by molar-refractivity contribution is 5.99. The van der Waals surface area contributed by atoms with E-state index in [1.807, 2.05) is 115 Å². The van der Waals surface area contributed by atoms with Gasteiger partial charge in [-0.25, -0.2) is 4.79 Å². The van der Waals surface area contributed by atoms with Gasteiger partial charge < -0.3 is 25.7 Å². The SMILES string of the molecule is COC(=O)[C@H](CC(=O)NC(c1ccccc1)(c1ccccc1)c1ccccc1)NC(=O)[C@H](Cc1c[nH]c2ccccc12)NC(=O)c1ccccc1. The van der Waals surface area contributed by atoms with Crippen LogP contribution in [-0.2, 0) is 31.1 Å². The molecule has 0 saturated carbocycles. The number of aromatic amines is 1. The van der Waals surface area contributed by atoms with E-state index in [2.05, 4.69) is 20.9 Å². The molecule has 0 aliphatic rings. The highest BCUT2D eigenvalue weighted by Crippen LogP contribution is 2.37. The highest BCUT2D eigenvalue weighted by atomic mass is 16.5. The van der Waals surface area contributed by atoms with E-state index in [-0.39, 0.29) is 6.42 Å². The Labute approximate surface area is 296 Å². The van der Waals surface area contributed by atoms with Gasteiger partial charge in [0.25, 0.3) is 5.91 Å². The topological polar surface area (TPSA) is 129 Å². The maximum Gasteiger partial charge on any atom is 0.328 e. The van der Waals surface area contributed by atoms with Gasteiger partial charge >= 0.3 is 5.97 Å². The van der Waals surface area contributed by atoms with Gasteiger partial charge in [-0.3, -0.25) is 14.4 Å². The number of hydrogen-bond acceptors (Lipinski definition) is 5. The van der Waals surface area contributed by atoms with Crippen LogP contribution in [0.3, 0.4) is 0 Å². The second-order valence-corrected chi connectivity index (χ2v) is 12.1. The standard InChI is InChI=1S/C42H38N4O5/c1-51-41(50)37(27-38(47)46-42(31-18-8-3-9-19-31,32-20-10-4-11-21-32)33-22-12-5-13-23-33)45-40(49)36(44-39(48)29-16-6-2-7-17-29)26-30-28-43-35-25-15-14-24-34(30)35/h2-25,28,36-37,43H,26-27H2,1H3,(H,44,48)(H,45,49)(H,46,47)/t36-,37-/m0/s1. The lowest BCUT2D eigenvalue weighted by molar-refractivity contribution is -0.147. The number of H-pyrrole nitrogens is 1. The van der Waals surface area contributed by atoms with Crippen LogP contribution in [0, 0.1) is 0 Å². The minimum absolute atomic E-state index is 0.119. The summed E-state index contributed by atoms with van der Waals surface area (Å²) in [5.41, 5.74) is 3.32. The van der Waals surface area contributed by atoms with Crippen LogP contribution in [0.15, 0.2) is 152 Å². The molecule has 4 N–H and O–H groups in total. The van der Waals surface area contributed by atoms with E-state index in [0.717, 1.165) is 33.2 Å². The fraction of sp³-hybridized carbons (Fsp3) is 0.143. The average molecular weight is 679 g/mol. The number of nitrogens with one attached hydrogen (secondary N) is 4. The first-order chi connectivity index (χ1) is 24.9. The van der Waals surface area contributed by atoms with Crippen LogP contribution >= 0.6 is 0 Å². The summed E-state index contributed by atoms with van der Waals surface area (Å²) in [5, 5.41) is 9.68. The van der Waals surface area contributed by atoms with Crippen LogP contribution in [0.1, 0.15) is 39.0 Å². The molecule has 9 nitrogen and oxygen atoms in total. The molecule has 1 heterocycles. The minimum atomic E-state index is -1.36. The van der Waals surface area contributed by atoms with E-state index in [4.69, 9.17) is 4.74 Å². The Morgan fingerprint density at radius 2 is 1.16 bits per heavy atom. The quantitative estimate of drug-likeness (QED) is 0.0925. The van der Waals surface area contributed by atoms with Crippen molar-refractivity contribution in [1.29, 1.82) is 0 Å². The zero-order valence-electron chi connectivity index (χ0n) is 28.0. The minimum Gasteiger partial charge on any atom is -0.467 e. The number of para-hydroxylation sites is 1. The molecule has 6 aromatic rings. The van der Waals surface area contributed by atoms with Gasteiger partial charge in [0.2, 0.25) is 11.8 Å². The molecule has 0 aliphatic heterocycles. The summed E-state index contributed by atoms with van der Waals surface area (Å²) in [4.78, 5) is 58.0. The Bertz CT molecular complexity index is 2000. The van der Waals surface area contributed by atoms with Crippen molar-refractivity contribution in [3.8, 4) is 0 Å². The normalized spacial score (nSPS) is 12.3. The van der Waals surface area contributed by atoms with Gasteiger partial charge in [-0.15, -0.1) is 0 Å². The van der Waals surface area contributed by atoms with Crippen LogP contribution in [0.25, 0.3) is 10.9 Å². The van der Waals surface area contributed by atoms with Crippen molar-refractivity contribution in [2.45, 2.75) is 30.5 Å². The number of ether oxygens (including phenoxy) is 1. The van der Waals surface area contributed by atoms with E-state index in [1.165, 1.54) is 7.11 Å². The molecule has 51 heavy (non-hydrogen) atoms. The maximum absolute atomic E-state index is 14.2. The Kier molecular flexibility index (Phi) is 10.7. The number of fused-ring (bicyclic) bond motifs is 1. The van der Waals surface area contributed by atoms with Crippen LogP contribution in [-0.4, -0.2) is 47.9 Å². The number of benzene rings is 5. The van der Waals surface area contributed by atoms with E-state index in [1.54, 1.807) is 36.5 Å². The van der Waals surface area contributed by atoms with E-state index >= 15 is 0 Å². The fourth-order valence-corrected chi connectivity index (χ4v) is 6.40. The molecular formula is C42H38N4O5. The van der Waals surface area contributed by atoms with Crippen molar-refractivity contribution in [2.75, 3.05) is 7.11 Å². The summed E-state index contributed by atoms with van der Waals surface area (Å²) in [7, 11) is 1.20. The van der Waals surface area contributed by atoms with Gasteiger partial charge in [0, 0.05) is 29.1 Å². The van der Waals surface area contributed by atoms with Gasteiger partial charge in [0.1, 0.15) is 17.6 Å². The number of esters is 1. The van der Waals surface area contributed by atoms with Crippen LogP contribution in [0.2, 0.25) is 0 Å². The molecule has 5 aromatic carbocycles. The molecule has 2 atom stereocenters. The van der Waals surface area contributed by atoms with E-state index < -0.39 is 47.7 Å². The molecule has 0 saturated heterocycles. The molecule has 0 aliphatic carbocycles. The molecule has 0 unspecified atom stereocenters. The predicted molar refractivity (Wildman–Crippen MR) is 196 cm³/mol. The van der Waals surface area contributed by atoms with E-state index in [0.29, 0.717) is 5.56 Å². The lowest BCUT2D eigenvalue weighted by Gasteiger charge is -2.37. The molecule has 256 valence electrons. The number of rotatable bonds is 13. The summed E-state index contributed by atoms with van der Waals surface area (Å²) in [6.07, 6.45) is 1.48. The van der Waals surface area contributed by atoms with Gasteiger partial charge in [0.05, 0.1) is 13.5 Å². The van der Waals surface area contributed by atoms with Gasteiger partial charge in [-0.1, -0.05) is 127 Å². The van der Waals surface area contributed by atoms with Crippen LogP contribution < -0.4 is 16.0 Å². The Morgan fingerprint density at radius 3 is 1.71 bits per heavy atom. The Hall–Kier alpha value is -6.48. The highest BCUT2D eigenvalue weighted by Gasteiger charge is 2.39. The molecule has 1 aromatic heterocycles. The second-order valence-electron chi connectivity index (χ2n) is 12.1. The number of amides is 3. The zero-order chi connectivity index (χ0) is 35.6. The molecule has 0 spiro atoms. The molecule has 0 radical (unpaired) electrons. The third-order valence-corrected chi connectivity index (χ3v) is 8.90. The van der Waals surface area contributed by atoms with Gasteiger partial charge in [-0.05, 0) is 40.5 Å². The third kappa shape index (κ3) is 7.73. The Morgan fingerprint density at radius 1 is 0.647 bits per heavy atom. The van der Waals surface area contributed by atoms with Crippen molar-refractivity contribution in [3.05, 3.63) is 180 Å². The molecule has 0 fully saturated rings.